The van der Waals surface area contributed by atoms with E-state index in [0.29, 0.717) is 43.1 Å². The van der Waals surface area contributed by atoms with Gasteiger partial charge in [0.05, 0.1) is 12.6 Å². The second-order valence-corrected chi connectivity index (χ2v) is 7.21. The molecule has 0 saturated carbocycles. The van der Waals surface area contributed by atoms with Crippen LogP contribution in [0.15, 0.2) is 16.8 Å². The predicted octanol–water partition coefficient (Wildman–Crippen LogP) is 0.711. The highest BCUT2D eigenvalue weighted by Gasteiger charge is 2.25. The number of carbonyl (C=O) groups excluding carboxylic acids is 1. The lowest BCUT2D eigenvalue weighted by molar-refractivity contribution is 0.0617. The Morgan fingerprint density at radius 1 is 1.33 bits per heavy atom. The lowest BCUT2D eigenvalue weighted by Crippen LogP contribution is -2.48. The monoisotopic (exact) mass is 373 g/mol. The fourth-order valence-electron chi connectivity index (χ4n) is 3.68. The van der Waals surface area contributed by atoms with Gasteiger partial charge in [0.25, 0.3) is 5.91 Å². The topological polar surface area (TPSA) is 92.3 Å². The molecule has 9 nitrogen and oxygen atoms in total. The number of carbonyl (C=O) groups is 1. The van der Waals surface area contributed by atoms with Crippen LogP contribution in [0.2, 0.25) is 0 Å². The summed E-state index contributed by atoms with van der Waals surface area (Å²) in [7, 11) is 0. The van der Waals surface area contributed by atoms with E-state index in [1.165, 1.54) is 0 Å². The van der Waals surface area contributed by atoms with Crippen LogP contribution in [0.1, 0.15) is 48.0 Å². The van der Waals surface area contributed by atoms with Crippen LogP contribution < -0.4 is 5.32 Å². The van der Waals surface area contributed by atoms with Crippen LogP contribution in [-0.2, 0) is 13.0 Å². The number of nitrogens with zero attached hydrogens (tertiary/aromatic N) is 6. The predicted molar refractivity (Wildman–Crippen MR) is 98.2 cm³/mol. The van der Waals surface area contributed by atoms with Crippen molar-refractivity contribution in [3.63, 3.8) is 0 Å². The third-order valence-electron chi connectivity index (χ3n) is 5.31. The van der Waals surface area contributed by atoms with Crippen LogP contribution in [0.3, 0.4) is 0 Å². The zero-order valence-electron chi connectivity index (χ0n) is 15.8. The Labute approximate surface area is 158 Å². The number of nitrogens with one attached hydrogen (secondary N) is 1. The fraction of sp³-hybridized carbons (Fsp3) is 0.667. The van der Waals surface area contributed by atoms with Gasteiger partial charge >= 0.3 is 0 Å². The van der Waals surface area contributed by atoms with Gasteiger partial charge in [-0.3, -0.25) is 14.4 Å². The minimum atomic E-state index is 0.0185. The van der Waals surface area contributed by atoms with Gasteiger partial charge in [-0.25, -0.2) is 0 Å². The molecule has 0 bridgehead atoms. The van der Waals surface area contributed by atoms with Crippen molar-refractivity contribution in [2.45, 2.75) is 38.8 Å². The average Bonchev–Trinajstić information content (AvgIpc) is 3.38. The number of rotatable bonds is 5. The molecule has 2 aliphatic heterocycles. The maximum atomic E-state index is 12.8. The van der Waals surface area contributed by atoms with E-state index in [1.54, 1.807) is 0 Å². The maximum absolute atomic E-state index is 12.8. The van der Waals surface area contributed by atoms with Crippen LogP contribution in [0.25, 0.3) is 0 Å². The van der Waals surface area contributed by atoms with Crippen LogP contribution in [-0.4, -0.2) is 74.9 Å². The van der Waals surface area contributed by atoms with Gasteiger partial charge in [-0.05, 0) is 25.5 Å². The van der Waals surface area contributed by atoms with Crippen molar-refractivity contribution in [2.24, 2.45) is 0 Å². The van der Waals surface area contributed by atoms with Crippen LogP contribution >= 0.6 is 0 Å². The first-order valence-corrected chi connectivity index (χ1v) is 9.82. The van der Waals surface area contributed by atoms with Gasteiger partial charge in [0.1, 0.15) is 5.69 Å². The first-order chi connectivity index (χ1) is 13.2. The van der Waals surface area contributed by atoms with Gasteiger partial charge in [-0.1, -0.05) is 12.1 Å². The summed E-state index contributed by atoms with van der Waals surface area (Å²) in [5.41, 5.74) is 0.541. The first kappa shape index (κ1) is 18.1. The largest absolute Gasteiger partial charge is 0.339 e. The second kappa shape index (κ2) is 8.18. The molecule has 0 spiro atoms. The molecule has 1 atom stereocenters. The highest BCUT2D eigenvalue weighted by atomic mass is 16.5. The van der Waals surface area contributed by atoms with Crippen molar-refractivity contribution < 1.29 is 9.32 Å². The Hall–Kier alpha value is -2.26. The van der Waals surface area contributed by atoms with Gasteiger partial charge in [-0.2, -0.15) is 10.1 Å². The van der Waals surface area contributed by atoms with Crippen molar-refractivity contribution in [2.75, 3.05) is 39.3 Å². The van der Waals surface area contributed by atoms with Crippen LogP contribution in [0.5, 0.6) is 0 Å². The van der Waals surface area contributed by atoms with E-state index < -0.39 is 0 Å². The number of aryl methyl sites for hydroxylation is 1. The molecule has 2 aliphatic rings. The molecule has 0 aliphatic carbocycles. The molecule has 146 valence electrons. The van der Waals surface area contributed by atoms with Gasteiger partial charge in [0, 0.05) is 45.3 Å². The quantitative estimate of drug-likeness (QED) is 0.825. The molecule has 0 radical (unpaired) electrons. The first-order valence-electron chi connectivity index (χ1n) is 9.82. The molecule has 1 amide bonds. The van der Waals surface area contributed by atoms with Crippen molar-refractivity contribution >= 4 is 5.91 Å². The second-order valence-electron chi connectivity index (χ2n) is 7.21. The lowest BCUT2D eigenvalue weighted by atomic mass is 10.1. The third kappa shape index (κ3) is 4.19. The molecule has 4 heterocycles. The van der Waals surface area contributed by atoms with E-state index in [0.717, 1.165) is 45.4 Å². The van der Waals surface area contributed by atoms with E-state index in [2.05, 4.69) is 25.5 Å². The zero-order chi connectivity index (χ0) is 18.6. The Kier molecular flexibility index (Phi) is 5.49. The van der Waals surface area contributed by atoms with Crippen molar-refractivity contribution in [3.8, 4) is 0 Å². The minimum Gasteiger partial charge on any atom is -0.339 e. The Morgan fingerprint density at radius 3 is 2.89 bits per heavy atom. The summed E-state index contributed by atoms with van der Waals surface area (Å²) < 4.78 is 7.10. The lowest BCUT2D eigenvalue weighted by Gasteiger charge is -2.33. The summed E-state index contributed by atoms with van der Waals surface area (Å²) >= 11 is 0. The normalized spacial score (nSPS) is 21.5. The smallest absolute Gasteiger partial charge is 0.274 e. The number of piperidine rings is 1. The van der Waals surface area contributed by atoms with E-state index >= 15 is 0 Å². The van der Waals surface area contributed by atoms with Crippen molar-refractivity contribution in [1.82, 2.24) is 35.0 Å². The van der Waals surface area contributed by atoms with Crippen molar-refractivity contribution in [1.29, 1.82) is 0 Å². The minimum absolute atomic E-state index is 0.0185. The van der Waals surface area contributed by atoms with Gasteiger partial charge < -0.3 is 14.7 Å². The summed E-state index contributed by atoms with van der Waals surface area (Å²) in [6, 6.07) is 2.19. The molecule has 2 aromatic rings. The summed E-state index contributed by atoms with van der Waals surface area (Å²) in [5, 5.41) is 11.9. The van der Waals surface area contributed by atoms with Gasteiger partial charge in [-0.15, -0.1) is 0 Å². The van der Waals surface area contributed by atoms with Crippen LogP contribution in [0, 0.1) is 0 Å². The number of amides is 1. The molecule has 2 saturated heterocycles. The SMILES string of the molecule is CCc1nc(CN2CCN(C(=O)c3ccn(C4CCCNC4)n3)CC2)no1. The summed E-state index contributed by atoms with van der Waals surface area (Å²) in [5.74, 6) is 1.40. The highest BCUT2D eigenvalue weighted by molar-refractivity contribution is 5.92. The van der Waals surface area contributed by atoms with Gasteiger partial charge in [0.15, 0.2) is 5.82 Å². The van der Waals surface area contributed by atoms with E-state index in [9.17, 15) is 4.79 Å². The van der Waals surface area contributed by atoms with Crippen LogP contribution in [0.4, 0.5) is 0 Å². The molecule has 1 unspecified atom stereocenters. The molecular formula is C18H27N7O2. The zero-order valence-corrected chi connectivity index (χ0v) is 15.8. The van der Waals surface area contributed by atoms with Crippen molar-refractivity contribution in [3.05, 3.63) is 29.7 Å². The molecule has 2 aromatic heterocycles. The number of hydrogen-bond donors (Lipinski definition) is 1. The molecule has 27 heavy (non-hydrogen) atoms. The molecule has 0 aromatic carbocycles. The van der Waals surface area contributed by atoms with Gasteiger partial charge in [0.2, 0.25) is 5.89 Å². The summed E-state index contributed by atoms with van der Waals surface area (Å²) in [6.45, 7) is 7.62. The summed E-state index contributed by atoms with van der Waals surface area (Å²) in [4.78, 5) is 21.3. The average molecular weight is 373 g/mol. The maximum Gasteiger partial charge on any atom is 0.274 e. The molecular weight excluding hydrogens is 346 g/mol. The number of piperazine rings is 1. The fourth-order valence-corrected chi connectivity index (χ4v) is 3.68. The standard InChI is InChI=1S/C18H27N7O2/c1-2-17-20-16(22-27-17)13-23-8-10-24(11-9-23)18(26)15-5-7-25(21-15)14-4-3-6-19-12-14/h5,7,14,19H,2-4,6,8-13H2,1H3. The van der Waals surface area contributed by atoms with E-state index in [1.807, 2.05) is 28.8 Å². The Bertz CT molecular complexity index is 757. The van der Waals surface area contributed by atoms with E-state index in [4.69, 9.17) is 4.52 Å². The molecule has 1 N–H and O–H groups in total. The Balaban J connectivity index is 1.30. The Morgan fingerprint density at radius 2 is 2.19 bits per heavy atom. The number of hydrogen-bond acceptors (Lipinski definition) is 7. The molecule has 9 heteroatoms. The molecule has 2 fully saturated rings. The summed E-state index contributed by atoms with van der Waals surface area (Å²) in [6.07, 6.45) is 4.94. The highest BCUT2D eigenvalue weighted by Crippen LogP contribution is 2.17. The number of aromatic nitrogens is 4. The van der Waals surface area contributed by atoms with E-state index in [-0.39, 0.29) is 5.91 Å². The third-order valence-corrected chi connectivity index (χ3v) is 5.31. The molecule has 4 rings (SSSR count).